The van der Waals surface area contributed by atoms with E-state index < -0.39 is 0 Å². The molecule has 0 spiro atoms. The van der Waals surface area contributed by atoms with Crippen LogP contribution in [0.2, 0.25) is 0 Å². The Morgan fingerprint density at radius 2 is 0.706 bits per heavy atom. The first kappa shape index (κ1) is 19.9. The van der Waals surface area contributed by atoms with Crippen molar-refractivity contribution in [2.75, 3.05) is 0 Å². The van der Waals surface area contributed by atoms with Gasteiger partial charge in [0.25, 0.3) is 0 Å². The van der Waals surface area contributed by atoms with E-state index in [0.717, 1.165) is 44.8 Å². The summed E-state index contributed by atoms with van der Waals surface area (Å²) >= 11 is 0. The summed E-state index contributed by atoms with van der Waals surface area (Å²) in [5.74, 6) is 1.25. The molecule has 2 aromatic heterocycles. The van der Waals surface area contributed by atoms with Gasteiger partial charge in [-0.1, -0.05) is 84.9 Å². The van der Waals surface area contributed by atoms with Crippen LogP contribution in [0.4, 0.5) is 0 Å². The predicted molar refractivity (Wildman–Crippen MR) is 134 cm³/mol. The van der Waals surface area contributed by atoms with Gasteiger partial charge < -0.3 is 8.83 Å². The summed E-state index contributed by atoms with van der Waals surface area (Å²) in [5.41, 5.74) is 7.87. The van der Waals surface area contributed by atoms with Crippen LogP contribution in [0.25, 0.3) is 56.6 Å². The van der Waals surface area contributed by atoms with Gasteiger partial charge in [-0.2, -0.15) is 0 Å². The molecule has 4 nitrogen and oxygen atoms in total. The summed E-state index contributed by atoms with van der Waals surface area (Å²) in [7, 11) is 0. The third-order valence-electron chi connectivity index (χ3n) is 5.74. The smallest absolute Gasteiger partial charge is 0.226 e. The van der Waals surface area contributed by atoms with Gasteiger partial charge in [-0.25, -0.2) is 9.97 Å². The van der Waals surface area contributed by atoms with Gasteiger partial charge in [0.15, 0.2) is 0 Å². The molecule has 0 atom stereocenters. The van der Waals surface area contributed by atoms with Crippen molar-refractivity contribution in [2.45, 2.75) is 0 Å². The van der Waals surface area contributed by atoms with E-state index in [2.05, 4.69) is 58.5 Å². The lowest BCUT2D eigenvalue weighted by atomic mass is 10.0. The van der Waals surface area contributed by atoms with Crippen LogP contribution < -0.4 is 0 Å². The zero-order valence-corrected chi connectivity index (χ0v) is 18.3. The van der Waals surface area contributed by atoms with Gasteiger partial charge >= 0.3 is 0 Å². The van der Waals surface area contributed by atoms with E-state index in [1.165, 1.54) is 0 Å². The predicted octanol–water partition coefficient (Wildman–Crippen LogP) is 8.00. The molecule has 4 aromatic carbocycles. The molecule has 0 aliphatic carbocycles. The molecule has 0 fully saturated rings. The van der Waals surface area contributed by atoms with Crippen LogP contribution >= 0.6 is 0 Å². The van der Waals surface area contributed by atoms with E-state index in [4.69, 9.17) is 8.83 Å². The van der Waals surface area contributed by atoms with Crippen molar-refractivity contribution in [1.29, 1.82) is 0 Å². The van der Waals surface area contributed by atoms with Crippen LogP contribution in [0.5, 0.6) is 0 Å². The standard InChI is InChI=1S/C30H20N2O2/c1-3-7-25(8-4-1)29-31-27(19-33-29)23-15-11-21(12-16-23)22-13-17-24(18-14-22)28-20-34-30(32-28)26-9-5-2-6-10-26/h1-20H. The Bertz CT molecular complexity index is 1400. The SMILES string of the molecule is c1ccc(-c2nc(-c3ccc(-c4ccc(-c5coc(-c6ccccc6)n5)cc4)cc3)co2)cc1. The summed E-state index contributed by atoms with van der Waals surface area (Å²) in [6, 6.07) is 36.5. The zero-order valence-electron chi connectivity index (χ0n) is 18.3. The van der Waals surface area contributed by atoms with Crippen LogP contribution in [0.3, 0.4) is 0 Å². The minimum Gasteiger partial charge on any atom is -0.444 e. The largest absolute Gasteiger partial charge is 0.444 e. The van der Waals surface area contributed by atoms with Crippen LogP contribution in [0.1, 0.15) is 0 Å². The summed E-state index contributed by atoms with van der Waals surface area (Å²) in [6.45, 7) is 0. The first-order valence-corrected chi connectivity index (χ1v) is 11.1. The molecule has 0 N–H and O–H groups in total. The summed E-state index contributed by atoms with van der Waals surface area (Å²) in [5, 5.41) is 0. The van der Waals surface area contributed by atoms with Gasteiger partial charge in [-0.05, 0) is 35.4 Å². The lowest BCUT2D eigenvalue weighted by Gasteiger charge is -2.04. The van der Waals surface area contributed by atoms with E-state index in [1.54, 1.807) is 12.5 Å². The van der Waals surface area contributed by atoms with Gasteiger partial charge in [0.05, 0.1) is 0 Å². The maximum absolute atomic E-state index is 5.68. The first-order chi connectivity index (χ1) is 16.8. The molecule has 0 saturated carbocycles. The van der Waals surface area contributed by atoms with Crippen molar-refractivity contribution >= 4 is 0 Å². The highest BCUT2D eigenvalue weighted by molar-refractivity contribution is 5.72. The summed E-state index contributed by atoms with van der Waals surface area (Å²) in [6.07, 6.45) is 3.40. The quantitative estimate of drug-likeness (QED) is 0.272. The molecule has 0 radical (unpaired) electrons. The van der Waals surface area contributed by atoms with Gasteiger partial charge in [0, 0.05) is 22.3 Å². The number of nitrogens with zero attached hydrogens (tertiary/aromatic N) is 2. The fourth-order valence-corrected chi connectivity index (χ4v) is 3.91. The molecular formula is C30H20N2O2. The van der Waals surface area contributed by atoms with Crippen molar-refractivity contribution in [3.63, 3.8) is 0 Å². The zero-order chi connectivity index (χ0) is 22.7. The maximum atomic E-state index is 5.68. The number of oxazole rings is 2. The average molecular weight is 441 g/mol. The van der Waals surface area contributed by atoms with E-state index in [1.807, 2.05) is 60.7 Å². The normalized spacial score (nSPS) is 10.9. The highest BCUT2D eigenvalue weighted by atomic mass is 16.3. The topological polar surface area (TPSA) is 52.1 Å². The molecule has 0 bridgehead atoms. The molecule has 0 saturated heterocycles. The Balaban J connectivity index is 1.20. The number of aromatic nitrogens is 2. The second-order valence-corrected chi connectivity index (χ2v) is 7.96. The lowest BCUT2D eigenvalue weighted by Crippen LogP contribution is -1.83. The van der Waals surface area contributed by atoms with Crippen molar-refractivity contribution in [3.05, 3.63) is 122 Å². The highest BCUT2D eigenvalue weighted by Gasteiger charge is 2.10. The van der Waals surface area contributed by atoms with Crippen LogP contribution in [-0.4, -0.2) is 9.97 Å². The summed E-state index contributed by atoms with van der Waals surface area (Å²) < 4.78 is 11.4. The highest BCUT2D eigenvalue weighted by Crippen LogP contribution is 2.29. The maximum Gasteiger partial charge on any atom is 0.226 e. The first-order valence-electron chi connectivity index (χ1n) is 11.1. The second kappa shape index (κ2) is 8.68. The Hall–Kier alpha value is -4.70. The third-order valence-corrected chi connectivity index (χ3v) is 5.74. The van der Waals surface area contributed by atoms with Gasteiger partial charge in [-0.15, -0.1) is 0 Å². The average Bonchev–Trinajstić information content (AvgIpc) is 3.61. The van der Waals surface area contributed by atoms with Crippen LogP contribution in [0.15, 0.2) is 131 Å². The second-order valence-electron chi connectivity index (χ2n) is 7.96. The van der Waals surface area contributed by atoms with Gasteiger partial charge in [0.1, 0.15) is 23.9 Å². The molecule has 0 aliphatic heterocycles. The molecular weight excluding hydrogens is 420 g/mol. The van der Waals surface area contributed by atoms with Crippen LogP contribution in [-0.2, 0) is 0 Å². The molecule has 2 heterocycles. The van der Waals surface area contributed by atoms with Crippen molar-refractivity contribution in [3.8, 4) is 56.6 Å². The molecule has 0 amide bonds. The minimum absolute atomic E-state index is 0.624. The molecule has 162 valence electrons. The number of rotatable bonds is 5. The Morgan fingerprint density at radius 3 is 1.09 bits per heavy atom. The Labute approximate surface area is 197 Å². The molecule has 6 rings (SSSR count). The minimum atomic E-state index is 0.624. The van der Waals surface area contributed by atoms with Gasteiger partial charge in [-0.3, -0.25) is 0 Å². The Morgan fingerprint density at radius 1 is 0.353 bits per heavy atom. The molecule has 6 aromatic rings. The number of benzene rings is 4. The van der Waals surface area contributed by atoms with E-state index in [0.29, 0.717) is 11.8 Å². The fraction of sp³-hybridized carbons (Fsp3) is 0. The molecule has 34 heavy (non-hydrogen) atoms. The number of hydrogen-bond acceptors (Lipinski definition) is 4. The van der Waals surface area contributed by atoms with Crippen molar-refractivity contribution < 1.29 is 8.83 Å². The van der Waals surface area contributed by atoms with Crippen molar-refractivity contribution in [2.24, 2.45) is 0 Å². The van der Waals surface area contributed by atoms with Gasteiger partial charge in [0.2, 0.25) is 11.8 Å². The monoisotopic (exact) mass is 440 g/mol. The molecule has 4 heteroatoms. The van der Waals surface area contributed by atoms with E-state index >= 15 is 0 Å². The van der Waals surface area contributed by atoms with Crippen molar-refractivity contribution in [1.82, 2.24) is 9.97 Å². The molecule has 0 aliphatic rings. The summed E-state index contributed by atoms with van der Waals surface area (Å²) in [4.78, 5) is 9.28. The molecule has 0 unspecified atom stereocenters. The third kappa shape index (κ3) is 3.93. The fourth-order valence-electron chi connectivity index (χ4n) is 3.91. The van der Waals surface area contributed by atoms with Crippen LogP contribution in [0, 0.1) is 0 Å². The lowest BCUT2D eigenvalue weighted by molar-refractivity contribution is 0.574. The Kier molecular flexibility index (Phi) is 5.09. The van der Waals surface area contributed by atoms with E-state index in [-0.39, 0.29) is 0 Å². The van der Waals surface area contributed by atoms with E-state index in [9.17, 15) is 0 Å². The number of hydrogen-bond donors (Lipinski definition) is 0.